The van der Waals surface area contributed by atoms with Gasteiger partial charge < -0.3 is 15.1 Å². The molecule has 21 heavy (non-hydrogen) atoms. The van der Waals surface area contributed by atoms with Gasteiger partial charge in [0.05, 0.1) is 23.5 Å². The molecule has 0 spiro atoms. The van der Waals surface area contributed by atoms with Crippen LogP contribution < -0.4 is 0 Å². The third-order valence-corrected chi connectivity index (χ3v) is 5.77. The van der Waals surface area contributed by atoms with Gasteiger partial charge in [0, 0.05) is 4.75 Å². The van der Waals surface area contributed by atoms with Crippen LogP contribution in [0.15, 0.2) is 24.3 Å². The Bertz CT molecular complexity index is 623. The first kappa shape index (κ1) is 14.2. The minimum atomic E-state index is -0.917. The minimum absolute atomic E-state index is 0.119. The number of fused-ring (bicyclic) bond motifs is 1. The summed E-state index contributed by atoms with van der Waals surface area (Å²) in [4.78, 5) is 13.9. The minimum Gasteiger partial charge on any atom is -0.508 e. The molecule has 1 unspecified atom stereocenters. The molecule has 3 rings (SSSR count). The lowest BCUT2D eigenvalue weighted by Gasteiger charge is -2.45. The molecular weight excluding hydrogens is 288 g/mol. The van der Waals surface area contributed by atoms with Crippen LogP contribution in [-0.2, 0) is 4.79 Å². The monoisotopic (exact) mass is 304 g/mol. The molecular formula is C15H16N2O3S. The molecule has 110 valence electrons. The summed E-state index contributed by atoms with van der Waals surface area (Å²) in [6.45, 7) is 3.89. The van der Waals surface area contributed by atoms with Crippen LogP contribution in [0.4, 0.5) is 0 Å². The van der Waals surface area contributed by atoms with Gasteiger partial charge in [-0.3, -0.25) is 4.79 Å². The van der Waals surface area contributed by atoms with Gasteiger partial charge >= 0.3 is 0 Å². The zero-order valence-corrected chi connectivity index (χ0v) is 12.5. The molecule has 0 bridgehead atoms. The van der Waals surface area contributed by atoms with Crippen molar-refractivity contribution in [3.05, 3.63) is 29.8 Å². The second-order valence-electron chi connectivity index (χ2n) is 5.95. The molecule has 1 aromatic rings. The van der Waals surface area contributed by atoms with Crippen LogP contribution in [-0.4, -0.2) is 37.2 Å². The number of hydrogen-bond donors (Lipinski definition) is 2. The number of β-lactam (4-membered cyclic amide) rings is 1. The van der Waals surface area contributed by atoms with Crippen LogP contribution in [0, 0.1) is 17.2 Å². The second kappa shape index (κ2) is 4.65. The second-order valence-corrected chi connectivity index (χ2v) is 7.72. The molecule has 0 aromatic heterocycles. The lowest BCUT2D eigenvalue weighted by molar-refractivity contribution is -0.159. The number of aromatic hydroxyl groups is 1. The summed E-state index contributed by atoms with van der Waals surface area (Å²) in [6, 6.07) is 7.94. The average molecular weight is 304 g/mol. The molecule has 2 heterocycles. The van der Waals surface area contributed by atoms with Crippen molar-refractivity contribution in [1.82, 2.24) is 4.90 Å². The molecule has 2 aliphatic rings. The smallest absolute Gasteiger partial charge is 0.233 e. The Balaban J connectivity index is 1.85. The van der Waals surface area contributed by atoms with Gasteiger partial charge in [0.25, 0.3) is 0 Å². The number of aliphatic hydroxyl groups excluding tert-OH is 1. The van der Waals surface area contributed by atoms with Gasteiger partial charge in [-0.25, -0.2) is 0 Å². The van der Waals surface area contributed by atoms with E-state index >= 15 is 0 Å². The van der Waals surface area contributed by atoms with E-state index in [4.69, 9.17) is 0 Å². The fourth-order valence-electron chi connectivity index (χ4n) is 3.01. The standard InChI is InChI=1S/C15H16N2O3S/c1-15(2)10(7-16)17-13(20)11(14(17)21-15)12(19)8-3-5-9(18)6-4-8/h3-6,10-12,14,18-19H,1-2H3/t10-,11+,12?,14+/m0/s1. The van der Waals surface area contributed by atoms with Gasteiger partial charge in [0.15, 0.2) is 0 Å². The van der Waals surface area contributed by atoms with Crippen molar-refractivity contribution in [1.29, 1.82) is 5.26 Å². The lowest BCUT2D eigenvalue weighted by Crippen LogP contribution is -2.61. The molecule has 6 heteroatoms. The predicted octanol–water partition coefficient (Wildman–Crippen LogP) is 1.63. The fourth-order valence-corrected chi connectivity index (χ4v) is 4.68. The Hall–Kier alpha value is -1.71. The molecule has 2 fully saturated rings. The van der Waals surface area contributed by atoms with Crippen molar-refractivity contribution in [2.45, 2.75) is 36.1 Å². The van der Waals surface area contributed by atoms with Gasteiger partial charge in [0.2, 0.25) is 5.91 Å². The highest BCUT2D eigenvalue weighted by Crippen LogP contribution is 2.55. The van der Waals surface area contributed by atoms with Crippen LogP contribution in [0.5, 0.6) is 5.75 Å². The third kappa shape index (κ3) is 2.00. The summed E-state index contributed by atoms with van der Waals surface area (Å²) < 4.78 is -0.335. The Morgan fingerprint density at radius 2 is 2.00 bits per heavy atom. The highest BCUT2D eigenvalue weighted by Gasteiger charge is 2.63. The van der Waals surface area contributed by atoms with E-state index in [-0.39, 0.29) is 21.8 Å². The zero-order valence-electron chi connectivity index (χ0n) is 11.7. The number of carbonyl (C=O) groups excluding carboxylic acids is 1. The predicted molar refractivity (Wildman–Crippen MR) is 78.3 cm³/mol. The van der Waals surface area contributed by atoms with E-state index in [0.717, 1.165) is 0 Å². The lowest BCUT2D eigenvalue weighted by atomic mass is 9.85. The zero-order chi connectivity index (χ0) is 15.4. The maximum atomic E-state index is 12.3. The van der Waals surface area contributed by atoms with Crippen molar-refractivity contribution in [3.8, 4) is 11.8 Å². The number of carbonyl (C=O) groups is 1. The van der Waals surface area contributed by atoms with Crippen LogP contribution in [0.1, 0.15) is 25.5 Å². The largest absolute Gasteiger partial charge is 0.508 e. The Morgan fingerprint density at radius 1 is 1.38 bits per heavy atom. The highest BCUT2D eigenvalue weighted by molar-refractivity contribution is 8.01. The molecule has 1 amide bonds. The number of nitrogens with zero attached hydrogens (tertiary/aromatic N) is 2. The van der Waals surface area contributed by atoms with Crippen molar-refractivity contribution < 1.29 is 15.0 Å². The average Bonchev–Trinajstić information content (AvgIpc) is 2.67. The van der Waals surface area contributed by atoms with E-state index < -0.39 is 18.1 Å². The summed E-state index contributed by atoms with van der Waals surface area (Å²) in [6.07, 6.45) is -0.917. The van der Waals surface area contributed by atoms with Crippen LogP contribution in [0.2, 0.25) is 0 Å². The normalized spacial score (nSPS) is 31.2. The van der Waals surface area contributed by atoms with E-state index in [9.17, 15) is 20.3 Å². The Morgan fingerprint density at radius 3 is 2.57 bits per heavy atom. The topological polar surface area (TPSA) is 84.6 Å². The summed E-state index contributed by atoms with van der Waals surface area (Å²) in [5.41, 5.74) is 0.601. The van der Waals surface area contributed by atoms with Gasteiger partial charge in [-0.15, -0.1) is 11.8 Å². The molecule has 2 aliphatic heterocycles. The number of nitriles is 1. The number of aliphatic hydroxyl groups is 1. The van der Waals surface area contributed by atoms with E-state index in [1.165, 1.54) is 12.1 Å². The number of rotatable bonds is 2. The van der Waals surface area contributed by atoms with Crippen LogP contribution >= 0.6 is 11.8 Å². The number of amides is 1. The van der Waals surface area contributed by atoms with E-state index in [0.29, 0.717) is 5.56 Å². The molecule has 0 aliphatic carbocycles. The van der Waals surface area contributed by atoms with Crippen molar-refractivity contribution in [2.75, 3.05) is 0 Å². The number of thioether (sulfide) groups is 1. The first-order valence-electron chi connectivity index (χ1n) is 6.73. The van der Waals surface area contributed by atoms with Gasteiger partial charge in [-0.2, -0.15) is 5.26 Å². The molecule has 2 saturated heterocycles. The number of phenols is 1. The first-order chi connectivity index (χ1) is 9.86. The first-order valence-corrected chi connectivity index (χ1v) is 7.61. The van der Waals surface area contributed by atoms with Crippen molar-refractivity contribution in [2.24, 2.45) is 5.92 Å². The van der Waals surface area contributed by atoms with Gasteiger partial charge in [-0.05, 0) is 31.5 Å². The maximum absolute atomic E-state index is 12.3. The summed E-state index contributed by atoms with van der Waals surface area (Å²) in [5.74, 6) is -0.587. The van der Waals surface area contributed by atoms with E-state index in [1.807, 2.05) is 13.8 Å². The molecule has 0 saturated carbocycles. The number of hydrogen-bond acceptors (Lipinski definition) is 5. The molecule has 4 atom stereocenters. The molecule has 1 aromatic carbocycles. The number of phenolic OH excluding ortho intramolecular Hbond substituents is 1. The van der Waals surface area contributed by atoms with E-state index in [2.05, 4.69) is 6.07 Å². The van der Waals surface area contributed by atoms with Crippen molar-refractivity contribution in [3.63, 3.8) is 0 Å². The third-order valence-electron chi connectivity index (χ3n) is 4.18. The SMILES string of the molecule is CC1(C)S[C@@H]2[C@H](C(O)c3ccc(O)cc3)C(=O)N2[C@H]1C#N. The fraction of sp³-hybridized carbons (Fsp3) is 0.467. The number of benzene rings is 1. The quantitative estimate of drug-likeness (QED) is 0.811. The maximum Gasteiger partial charge on any atom is 0.233 e. The van der Waals surface area contributed by atoms with Crippen LogP contribution in [0.3, 0.4) is 0 Å². The molecule has 0 radical (unpaired) electrons. The van der Waals surface area contributed by atoms with E-state index in [1.54, 1.807) is 28.8 Å². The Kier molecular flexibility index (Phi) is 3.15. The van der Waals surface area contributed by atoms with Gasteiger partial charge in [-0.1, -0.05) is 12.1 Å². The molecule has 5 nitrogen and oxygen atoms in total. The summed E-state index contributed by atoms with van der Waals surface area (Å²) in [7, 11) is 0. The molecule has 2 N–H and O–H groups in total. The van der Waals surface area contributed by atoms with Gasteiger partial charge in [0.1, 0.15) is 11.8 Å². The van der Waals surface area contributed by atoms with Crippen LogP contribution in [0.25, 0.3) is 0 Å². The summed E-state index contributed by atoms with van der Waals surface area (Å²) >= 11 is 1.56. The summed E-state index contributed by atoms with van der Waals surface area (Å²) in [5, 5.41) is 28.8. The highest BCUT2D eigenvalue weighted by atomic mass is 32.2. The Labute approximate surface area is 127 Å². The van der Waals surface area contributed by atoms with Crippen molar-refractivity contribution >= 4 is 17.7 Å².